The number of carbonyl (C=O) groups is 1. The first-order chi connectivity index (χ1) is 11.5. The van der Waals surface area contributed by atoms with Crippen LogP contribution in [0.1, 0.15) is 30.0 Å². The number of aliphatic carboxylic acids is 1. The van der Waals surface area contributed by atoms with Crippen molar-refractivity contribution < 1.29 is 9.90 Å². The molecule has 0 bridgehead atoms. The van der Waals surface area contributed by atoms with Gasteiger partial charge < -0.3 is 5.11 Å². The van der Waals surface area contributed by atoms with Crippen molar-refractivity contribution >= 4 is 33.5 Å². The van der Waals surface area contributed by atoms with E-state index in [2.05, 4.69) is 39.0 Å². The van der Waals surface area contributed by atoms with E-state index in [-0.39, 0.29) is 12.0 Å². The van der Waals surface area contributed by atoms with Gasteiger partial charge in [-0.25, -0.2) is 0 Å². The van der Waals surface area contributed by atoms with Gasteiger partial charge in [-0.3, -0.25) is 9.69 Å². The second-order valence-electron chi connectivity index (χ2n) is 6.16. The molecule has 0 amide bonds. The molecule has 5 heteroatoms. The molecular formula is C19H19BrClNO2. The minimum absolute atomic E-state index is 0.0894. The van der Waals surface area contributed by atoms with Crippen molar-refractivity contribution in [3.63, 3.8) is 0 Å². The molecule has 3 nitrogen and oxygen atoms in total. The topological polar surface area (TPSA) is 40.5 Å². The van der Waals surface area contributed by atoms with E-state index in [1.165, 1.54) is 5.56 Å². The zero-order chi connectivity index (χ0) is 17.1. The van der Waals surface area contributed by atoms with E-state index in [0.717, 1.165) is 28.1 Å². The Hall–Kier alpha value is -1.36. The van der Waals surface area contributed by atoms with Crippen molar-refractivity contribution in [3.05, 3.63) is 69.2 Å². The fraction of sp³-hybridized carbons (Fsp3) is 0.316. The van der Waals surface area contributed by atoms with Crippen molar-refractivity contribution in [2.24, 2.45) is 5.92 Å². The summed E-state index contributed by atoms with van der Waals surface area (Å²) in [6.07, 6.45) is 1.37. The van der Waals surface area contributed by atoms with Gasteiger partial charge in [0, 0.05) is 9.50 Å². The molecule has 0 aliphatic carbocycles. The lowest BCUT2D eigenvalue weighted by molar-refractivity contribution is -0.143. The number of rotatable bonds is 4. The minimum Gasteiger partial charge on any atom is -0.481 e. The van der Waals surface area contributed by atoms with Crippen molar-refractivity contribution in [2.45, 2.75) is 18.9 Å². The maximum atomic E-state index is 11.2. The Morgan fingerprint density at radius 1 is 1.12 bits per heavy atom. The highest BCUT2D eigenvalue weighted by atomic mass is 79.9. The van der Waals surface area contributed by atoms with E-state index < -0.39 is 5.97 Å². The molecule has 1 unspecified atom stereocenters. The molecule has 0 aromatic heterocycles. The summed E-state index contributed by atoms with van der Waals surface area (Å²) < 4.78 is 1.04. The number of likely N-dealkylation sites (tertiary alicyclic amines) is 1. The van der Waals surface area contributed by atoms with Crippen LogP contribution in [0.2, 0.25) is 5.02 Å². The standard InChI is InChI=1S/C19H19BrClNO2/c20-16-6-4-13(5-7-16)18(15-2-1-3-17(21)12-15)22-10-8-14(9-11-22)19(23)24/h1-7,12,14,18H,8-11H2,(H,23,24). The molecule has 1 fully saturated rings. The van der Waals surface area contributed by atoms with E-state index in [0.29, 0.717) is 12.8 Å². The Kier molecular flexibility index (Phi) is 5.59. The summed E-state index contributed by atoms with van der Waals surface area (Å²) in [5, 5.41) is 9.94. The number of hydrogen-bond donors (Lipinski definition) is 1. The van der Waals surface area contributed by atoms with Crippen LogP contribution in [0.5, 0.6) is 0 Å². The minimum atomic E-state index is -0.683. The fourth-order valence-electron chi connectivity index (χ4n) is 3.34. The third kappa shape index (κ3) is 4.00. The smallest absolute Gasteiger partial charge is 0.306 e. The van der Waals surface area contributed by atoms with Crippen molar-refractivity contribution in [3.8, 4) is 0 Å². The Balaban J connectivity index is 1.91. The van der Waals surface area contributed by atoms with E-state index in [1.54, 1.807) is 0 Å². The van der Waals surface area contributed by atoms with Crippen LogP contribution in [0.4, 0.5) is 0 Å². The van der Waals surface area contributed by atoms with Gasteiger partial charge >= 0.3 is 5.97 Å². The monoisotopic (exact) mass is 407 g/mol. The van der Waals surface area contributed by atoms with Crippen LogP contribution in [-0.2, 0) is 4.79 Å². The molecule has 0 radical (unpaired) electrons. The summed E-state index contributed by atoms with van der Waals surface area (Å²) in [5.74, 6) is -0.913. The van der Waals surface area contributed by atoms with Crippen LogP contribution in [0.3, 0.4) is 0 Å². The maximum absolute atomic E-state index is 11.2. The quantitative estimate of drug-likeness (QED) is 0.775. The Labute approximate surface area is 155 Å². The van der Waals surface area contributed by atoms with Gasteiger partial charge in [0.25, 0.3) is 0 Å². The van der Waals surface area contributed by atoms with E-state index in [4.69, 9.17) is 11.6 Å². The molecule has 0 saturated carbocycles. The first-order valence-corrected chi connectivity index (χ1v) is 9.19. The van der Waals surface area contributed by atoms with Crippen LogP contribution in [0.25, 0.3) is 0 Å². The maximum Gasteiger partial charge on any atom is 0.306 e. The molecule has 1 aliphatic rings. The predicted molar refractivity (Wildman–Crippen MR) is 99.4 cm³/mol. The predicted octanol–water partition coefficient (Wildman–Crippen LogP) is 4.99. The number of halogens is 2. The number of hydrogen-bond acceptors (Lipinski definition) is 2. The highest BCUT2D eigenvalue weighted by Crippen LogP contribution is 2.34. The van der Waals surface area contributed by atoms with E-state index in [1.807, 2.05) is 30.3 Å². The molecule has 0 spiro atoms. The van der Waals surface area contributed by atoms with Crippen molar-refractivity contribution in [1.29, 1.82) is 0 Å². The lowest BCUT2D eigenvalue weighted by Crippen LogP contribution is -2.39. The fourth-order valence-corrected chi connectivity index (χ4v) is 3.80. The third-order valence-corrected chi connectivity index (χ3v) is 5.36. The molecule has 1 aliphatic heterocycles. The summed E-state index contributed by atoms with van der Waals surface area (Å²) in [6, 6.07) is 16.3. The molecule has 1 atom stereocenters. The van der Waals surface area contributed by atoms with Gasteiger partial charge in [-0.15, -0.1) is 0 Å². The Morgan fingerprint density at radius 3 is 2.38 bits per heavy atom. The first kappa shape index (κ1) is 17.5. The highest BCUT2D eigenvalue weighted by Gasteiger charge is 2.30. The van der Waals surface area contributed by atoms with Gasteiger partial charge in [0.2, 0.25) is 0 Å². The van der Waals surface area contributed by atoms with Gasteiger partial charge in [-0.05, 0) is 61.3 Å². The molecule has 1 heterocycles. The second kappa shape index (κ2) is 7.68. The number of carboxylic acids is 1. The largest absolute Gasteiger partial charge is 0.481 e. The molecular weight excluding hydrogens is 390 g/mol. The molecule has 3 rings (SSSR count). The van der Waals surface area contributed by atoms with Crippen LogP contribution in [0.15, 0.2) is 53.0 Å². The van der Waals surface area contributed by atoms with Gasteiger partial charge in [-0.2, -0.15) is 0 Å². The molecule has 24 heavy (non-hydrogen) atoms. The van der Waals surface area contributed by atoms with Crippen LogP contribution in [-0.4, -0.2) is 29.1 Å². The van der Waals surface area contributed by atoms with Gasteiger partial charge in [0.05, 0.1) is 12.0 Å². The van der Waals surface area contributed by atoms with Crippen LogP contribution >= 0.6 is 27.5 Å². The molecule has 126 valence electrons. The molecule has 2 aromatic rings. The summed E-state index contributed by atoms with van der Waals surface area (Å²) in [7, 11) is 0. The van der Waals surface area contributed by atoms with Gasteiger partial charge in [-0.1, -0.05) is 51.8 Å². The van der Waals surface area contributed by atoms with Crippen LogP contribution in [0, 0.1) is 5.92 Å². The summed E-state index contributed by atoms with van der Waals surface area (Å²) >= 11 is 9.68. The molecule has 1 N–H and O–H groups in total. The van der Waals surface area contributed by atoms with Crippen LogP contribution < -0.4 is 0 Å². The zero-order valence-electron chi connectivity index (χ0n) is 13.2. The molecule has 2 aromatic carbocycles. The highest BCUT2D eigenvalue weighted by molar-refractivity contribution is 9.10. The molecule has 1 saturated heterocycles. The number of piperidine rings is 1. The lowest BCUT2D eigenvalue weighted by atomic mass is 9.91. The Morgan fingerprint density at radius 2 is 1.79 bits per heavy atom. The Bertz CT molecular complexity index is 712. The third-order valence-electron chi connectivity index (χ3n) is 4.59. The number of carboxylic acid groups (broad SMARTS) is 1. The van der Waals surface area contributed by atoms with Crippen molar-refractivity contribution in [1.82, 2.24) is 4.90 Å². The zero-order valence-corrected chi connectivity index (χ0v) is 15.5. The summed E-state index contributed by atoms with van der Waals surface area (Å²) in [4.78, 5) is 13.6. The number of benzene rings is 2. The van der Waals surface area contributed by atoms with E-state index >= 15 is 0 Å². The SMILES string of the molecule is O=C(O)C1CCN(C(c2ccc(Br)cc2)c2cccc(Cl)c2)CC1. The van der Waals surface area contributed by atoms with Gasteiger partial charge in [0.15, 0.2) is 0 Å². The van der Waals surface area contributed by atoms with Crippen molar-refractivity contribution in [2.75, 3.05) is 13.1 Å². The number of nitrogens with zero attached hydrogens (tertiary/aromatic N) is 1. The van der Waals surface area contributed by atoms with Gasteiger partial charge in [0.1, 0.15) is 0 Å². The van der Waals surface area contributed by atoms with E-state index in [9.17, 15) is 9.90 Å². The lowest BCUT2D eigenvalue weighted by Gasteiger charge is -2.37. The first-order valence-electron chi connectivity index (χ1n) is 8.02. The average Bonchev–Trinajstić information content (AvgIpc) is 2.57. The summed E-state index contributed by atoms with van der Waals surface area (Å²) in [6.45, 7) is 1.54. The normalized spacial score (nSPS) is 17.6. The average molecular weight is 409 g/mol. The second-order valence-corrected chi connectivity index (χ2v) is 7.51. The summed E-state index contributed by atoms with van der Waals surface area (Å²) in [5.41, 5.74) is 2.33.